The minimum absolute atomic E-state index is 0.0199. The van der Waals surface area contributed by atoms with Crippen LogP contribution in [0.1, 0.15) is 34.0 Å². The molecular formula is C23H23NO6. The number of Topliss-reactive ketones (excluding diaryl/α,β-unsaturated/α-hetero) is 3. The maximum Gasteiger partial charge on any atom is 0.181 e. The first kappa shape index (κ1) is 20.1. The number of rotatable bonds is 2. The van der Waals surface area contributed by atoms with E-state index in [1.807, 2.05) is 6.92 Å². The topological polar surface area (TPSA) is 127 Å². The Morgan fingerprint density at radius 3 is 2.40 bits per heavy atom. The first-order chi connectivity index (χ1) is 14.1. The average molecular weight is 409 g/mol. The standard InChI is InChI=1S/C23H23NO6/c1-8-5-6-11-9(2)12-7-13-17(22(29)16(12)21(28)15(11)19(8)26)20(27)14(10(3)25)23(30-4)18(13)24/h5-6,13,17-18,26,28H,7,24H2,1-4H3/t13?,17?,18-/m1/s1. The average Bonchev–Trinajstić information content (AvgIpc) is 2.69. The van der Waals surface area contributed by atoms with Crippen LogP contribution in [-0.4, -0.2) is 40.7 Å². The molecule has 2 aliphatic rings. The molecule has 3 atom stereocenters. The molecule has 7 heteroatoms. The van der Waals surface area contributed by atoms with Crippen molar-refractivity contribution < 1.29 is 29.3 Å². The third-order valence-electron chi connectivity index (χ3n) is 6.52. The van der Waals surface area contributed by atoms with Gasteiger partial charge >= 0.3 is 0 Å². The highest BCUT2D eigenvalue weighted by atomic mass is 16.5. The van der Waals surface area contributed by atoms with Crippen molar-refractivity contribution in [3.63, 3.8) is 0 Å². The Morgan fingerprint density at radius 2 is 1.80 bits per heavy atom. The molecule has 0 bridgehead atoms. The van der Waals surface area contributed by atoms with E-state index < -0.39 is 35.2 Å². The van der Waals surface area contributed by atoms with Crippen molar-refractivity contribution in [3.8, 4) is 11.5 Å². The lowest BCUT2D eigenvalue weighted by Gasteiger charge is -2.40. The van der Waals surface area contributed by atoms with Gasteiger partial charge in [0.25, 0.3) is 0 Å². The summed E-state index contributed by atoms with van der Waals surface area (Å²) in [6.07, 6.45) is 0.265. The van der Waals surface area contributed by atoms with Gasteiger partial charge in [0.1, 0.15) is 22.8 Å². The van der Waals surface area contributed by atoms with Gasteiger partial charge in [-0.15, -0.1) is 0 Å². The van der Waals surface area contributed by atoms with Gasteiger partial charge in [0.2, 0.25) is 0 Å². The molecule has 2 aromatic rings. The van der Waals surface area contributed by atoms with E-state index in [1.165, 1.54) is 14.0 Å². The number of fused-ring (bicyclic) bond motifs is 3. The van der Waals surface area contributed by atoms with E-state index in [0.717, 1.165) is 5.56 Å². The van der Waals surface area contributed by atoms with Gasteiger partial charge < -0.3 is 20.7 Å². The lowest BCUT2D eigenvalue weighted by Crippen LogP contribution is -2.52. The van der Waals surface area contributed by atoms with Gasteiger partial charge in [-0.25, -0.2) is 0 Å². The Hall–Kier alpha value is -3.19. The highest BCUT2D eigenvalue weighted by Gasteiger charge is 2.51. The summed E-state index contributed by atoms with van der Waals surface area (Å²) >= 11 is 0. The van der Waals surface area contributed by atoms with Crippen molar-refractivity contribution in [2.24, 2.45) is 17.6 Å². The highest BCUT2D eigenvalue weighted by Crippen LogP contribution is 2.48. The zero-order chi connectivity index (χ0) is 22.1. The van der Waals surface area contributed by atoms with Crippen molar-refractivity contribution in [3.05, 3.63) is 45.7 Å². The number of phenolic OH excluding ortho intramolecular Hbond substituents is 2. The molecule has 0 saturated carbocycles. The summed E-state index contributed by atoms with van der Waals surface area (Å²) in [6, 6.07) is 2.72. The van der Waals surface area contributed by atoms with Gasteiger partial charge in [-0.3, -0.25) is 14.4 Å². The molecule has 0 radical (unpaired) electrons. The minimum Gasteiger partial charge on any atom is -0.507 e. The number of carbonyl (C=O) groups excluding carboxylic acids is 3. The summed E-state index contributed by atoms with van der Waals surface area (Å²) in [7, 11) is 1.35. The zero-order valence-electron chi connectivity index (χ0n) is 17.2. The predicted octanol–water partition coefficient (Wildman–Crippen LogP) is 2.24. The summed E-state index contributed by atoms with van der Waals surface area (Å²) in [4.78, 5) is 38.8. The van der Waals surface area contributed by atoms with Crippen LogP contribution < -0.4 is 5.73 Å². The van der Waals surface area contributed by atoms with Crippen LogP contribution in [0.3, 0.4) is 0 Å². The van der Waals surface area contributed by atoms with Crippen LogP contribution in [0.25, 0.3) is 10.8 Å². The van der Waals surface area contributed by atoms with E-state index >= 15 is 0 Å². The van der Waals surface area contributed by atoms with Crippen molar-refractivity contribution in [2.75, 3.05) is 7.11 Å². The van der Waals surface area contributed by atoms with E-state index in [1.54, 1.807) is 19.1 Å². The number of aromatic hydroxyl groups is 2. The van der Waals surface area contributed by atoms with Gasteiger partial charge in [0.05, 0.1) is 30.0 Å². The van der Waals surface area contributed by atoms with Crippen molar-refractivity contribution in [1.29, 1.82) is 0 Å². The molecule has 2 aromatic carbocycles. The van der Waals surface area contributed by atoms with E-state index in [0.29, 0.717) is 16.5 Å². The zero-order valence-corrected chi connectivity index (χ0v) is 17.2. The number of phenols is 2. The van der Waals surface area contributed by atoms with Gasteiger partial charge in [-0.05, 0) is 49.3 Å². The number of nitrogens with two attached hydrogens (primary N) is 1. The van der Waals surface area contributed by atoms with Crippen molar-refractivity contribution >= 4 is 28.1 Å². The predicted molar refractivity (Wildman–Crippen MR) is 109 cm³/mol. The Balaban J connectivity index is 2.01. The number of allylic oxidation sites excluding steroid dienone is 1. The number of hydrogen-bond donors (Lipinski definition) is 3. The number of benzene rings is 2. The molecule has 4 N–H and O–H groups in total. The molecule has 0 aromatic heterocycles. The van der Waals surface area contributed by atoms with Gasteiger partial charge in [-0.1, -0.05) is 12.1 Å². The third kappa shape index (κ3) is 2.45. The van der Waals surface area contributed by atoms with E-state index in [4.69, 9.17) is 10.5 Å². The fraction of sp³-hybridized carbons (Fsp3) is 0.348. The lowest BCUT2D eigenvalue weighted by molar-refractivity contribution is -0.124. The second-order valence-electron chi connectivity index (χ2n) is 8.08. The summed E-state index contributed by atoms with van der Waals surface area (Å²) in [5, 5.41) is 22.3. The maximum atomic E-state index is 13.5. The van der Waals surface area contributed by atoms with Gasteiger partial charge in [0, 0.05) is 5.92 Å². The fourth-order valence-corrected chi connectivity index (χ4v) is 4.96. The fourth-order valence-electron chi connectivity index (χ4n) is 4.96. The molecule has 2 unspecified atom stereocenters. The van der Waals surface area contributed by atoms with Crippen LogP contribution in [0.5, 0.6) is 11.5 Å². The van der Waals surface area contributed by atoms with Crippen molar-refractivity contribution in [2.45, 2.75) is 33.2 Å². The molecule has 4 rings (SSSR count). The molecule has 0 fully saturated rings. The second-order valence-corrected chi connectivity index (χ2v) is 8.08. The van der Waals surface area contributed by atoms with Crippen LogP contribution in [0.4, 0.5) is 0 Å². The summed E-state index contributed by atoms with van der Waals surface area (Å²) in [6.45, 7) is 4.74. The van der Waals surface area contributed by atoms with Crippen LogP contribution in [-0.2, 0) is 20.7 Å². The number of methoxy groups -OCH3 is 1. The number of hydrogen-bond acceptors (Lipinski definition) is 7. The molecule has 0 amide bonds. The summed E-state index contributed by atoms with van der Waals surface area (Å²) < 4.78 is 5.29. The van der Waals surface area contributed by atoms with Crippen molar-refractivity contribution in [1.82, 2.24) is 0 Å². The summed E-state index contributed by atoms with van der Waals surface area (Å²) in [5.41, 5.74) is 8.07. The highest BCUT2D eigenvalue weighted by molar-refractivity contribution is 6.29. The second kappa shape index (κ2) is 6.67. The normalized spacial score (nSPS) is 23.4. The Kier molecular flexibility index (Phi) is 4.47. The monoisotopic (exact) mass is 409 g/mol. The van der Waals surface area contributed by atoms with Gasteiger partial charge in [0.15, 0.2) is 17.3 Å². The number of carbonyl (C=O) groups is 3. The van der Waals surface area contributed by atoms with Crippen LogP contribution in [0, 0.1) is 25.7 Å². The molecule has 0 saturated heterocycles. The molecule has 7 nitrogen and oxygen atoms in total. The Morgan fingerprint density at radius 1 is 1.13 bits per heavy atom. The molecule has 0 aliphatic heterocycles. The first-order valence-electron chi connectivity index (χ1n) is 9.71. The molecule has 0 heterocycles. The quantitative estimate of drug-likeness (QED) is 0.513. The molecular weight excluding hydrogens is 386 g/mol. The minimum atomic E-state index is -1.18. The number of aryl methyl sites for hydroxylation is 2. The van der Waals surface area contributed by atoms with E-state index in [2.05, 4.69) is 0 Å². The largest absolute Gasteiger partial charge is 0.507 e. The lowest BCUT2D eigenvalue weighted by atomic mass is 9.64. The Bertz CT molecular complexity index is 1190. The third-order valence-corrected chi connectivity index (χ3v) is 6.52. The Labute approximate surface area is 173 Å². The molecule has 2 aliphatic carbocycles. The van der Waals surface area contributed by atoms with E-state index in [-0.39, 0.29) is 40.2 Å². The number of ketones is 3. The van der Waals surface area contributed by atoms with Gasteiger partial charge in [-0.2, -0.15) is 0 Å². The molecule has 30 heavy (non-hydrogen) atoms. The molecule has 0 spiro atoms. The molecule has 156 valence electrons. The van der Waals surface area contributed by atoms with Crippen LogP contribution in [0.2, 0.25) is 0 Å². The van der Waals surface area contributed by atoms with E-state index in [9.17, 15) is 24.6 Å². The smallest absolute Gasteiger partial charge is 0.181 e. The summed E-state index contributed by atoms with van der Waals surface area (Å²) in [5.74, 6) is -3.86. The first-order valence-corrected chi connectivity index (χ1v) is 9.71. The SMILES string of the molecule is COC1=C(C(C)=O)C(=O)C2C(=O)c3c(c(C)c4ccc(C)c(O)c4c3O)CC2[C@H]1N. The van der Waals surface area contributed by atoms with Crippen LogP contribution >= 0.6 is 0 Å². The maximum absolute atomic E-state index is 13.5. The van der Waals surface area contributed by atoms with Crippen LogP contribution in [0.15, 0.2) is 23.5 Å². The number of ether oxygens (including phenoxy) is 1.